The van der Waals surface area contributed by atoms with E-state index in [1.54, 1.807) is 18.3 Å². The van der Waals surface area contributed by atoms with Crippen molar-refractivity contribution in [2.45, 2.75) is 45.4 Å². The second-order valence-corrected chi connectivity index (χ2v) is 15.3. The molecule has 11 heteroatoms. The molecule has 306 valence electrons. The molecule has 0 unspecified atom stereocenters. The van der Waals surface area contributed by atoms with E-state index in [0.29, 0.717) is 72.9 Å². The normalized spacial score (nSPS) is 13.2. The van der Waals surface area contributed by atoms with Crippen LogP contribution in [0.3, 0.4) is 0 Å². The number of benzene rings is 5. The van der Waals surface area contributed by atoms with E-state index < -0.39 is 5.82 Å². The van der Waals surface area contributed by atoms with E-state index in [4.69, 9.17) is 25.8 Å². The fourth-order valence-corrected chi connectivity index (χ4v) is 8.19. The van der Waals surface area contributed by atoms with Gasteiger partial charge in [0.25, 0.3) is 0 Å². The van der Waals surface area contributed by atoms with Crippen molar-refractivity contribution in [2.75, 3.05) is 33.0 Å². The molecule has 0 spiro atoms. The van der Waals surface area contributed by atoms with E-state index in [1.165, 1.54) is 18.2 Å². The van der Waals surface area contributed by atoms with Crippen LogP contribution in [0.5, 0.6) is 5.75 Å². The molecule has 8 nitrogen and oxygen atoms in total. The molecule has 1 aliphatic carbocycles. The average Bonchev–Trinajstić information content (AvgIpc) is 3.83. The minimum absolute atomic E-state index is 0.00534. The standard InChI is InChI=1S/C49H44ClF2N3O5/c1-2-39(40-18-14-35(50)25-43(40)52)47(33-13-19-44-34(24-33)28-53-55-44)31-11-16-38(17-12-31)60-23-22-58-20-21-59-29-37(56)15-8-30-6-9-32(10-7-30)49-41-4-3-5-46(57)42-26-36(51)27-45(54-49)48(41)42/h6-7,9-14,16-19,24-28,54H,2-5,8,15,20-23,29H2,1H3,(H,53,55)/b47-39+. The summed E-state index contributed by atoms with van der Waals surface area (Å²) in [5.74, 6) is -0.139. The second-order valence-electron chi connectivity index (χ2n) is 14.9. The Hall–Kier alpha value is -5.94. The van der Waals surface area contributed by atoms with Crippen molar-refractivity contribution >= 4 is 56.1 Å². The molecular weight excluding hydrogens is 784 g/mol. The van der Waals surface area contributed by atoms with Gasteiger partial charge in [-0.2, -0.15) is 5.10 Å². The third-order valence-electron chi connectivity index (χ3n) is 10.9. The molecule has 0 saturated heterocycles. The summed E-state index contributed by atoms with van der Waals surface area (Å²) in [6.07, 6.45) is 5.17. The van der Waals surface area contributed by atoms with Crippen LogP contribution in [0.2, 0.25) is 5.02 Å². The Bertz CT molecular complexity index is 2700. The highest BCUT2D eigenvalue weighted by Gasteiger charge is 2.24. The third kappa shape index (κ3) is 9.11. The lowest BCUT2D eigenvalue weighted by molar-refractivity contribution is -0.124. The van der Waals surface area contributed by atoms with E-state index in [0.717, 1.165) is 73.8 Å². The van der Waals surface area contributed by atoms with Crippen molar-refractivity contribution < 1.29 is 32.6 Å². The summed E-state index contributed by atoms with van der Waals surface area (Å²) in [5.41, 5.74) is 10.1. The SMILES string of the molecule is CC/C(=C(/c1ccc(OCCOCCOCC(=O)CCc2ccc(-c3[nH]c4cc(F)cc5c4c3CCCC5=O)cc2)cc1)c1ccc2[nH]ncc2c1)c1ccc(Cl)cc1F. The molecule has 2 N–H and O–H groups in total. The molecule has 5 aromatic carbocycles. The van der Waals surface area contributed by atoms with Gasteiger partial charge in [0.15, 0.2) is 11.6 Å². The molecule has 0 atom stereocenters. The number of aryl methyl sites for hydroxylation is 2. The number of hydrogen-bond acceptors (Lipinski definition) is 6. The van der Waals surface area contributed by atoms with Crippen molar-refractivity contribution in [2.24, 2.45) is 0 Å². The first-order chi connectivity index (χ1) is 29.2. The van der Waals surface area contributed by atoms with Gasteiger partial charge in [-0.1, -0.05) is 67.1 Å². The van der Waals surface area contributed by atoms with Crippen molar-refractivity contribution in [3.05, 3.63) is 153 Å². The summed E-state index contributed by atoms with van der Waals surface area (Å²) in [6, 6.07) is 29.3. The summed E-state index contributed by atoms with van der Waals surface area (Å²) in [4.78, 5) is 28.6. The van der Waals surface area contributed by atoms with E-state index >= 15 is 4.39 Å². The number of carbonyl (C=O) groups excluding carboxylic acids is 2. The van der Waals surface area contributed by atoms with Gasteiger partial charge in [0.1, 0.15) is 30.6 Å². The van der Waals surface area contributed by atoms with Crippen molar-refractivity contribution in [1.29, 1.82) is 0 Å². The summed E-state index contributed by atoms with van der Waals surface area (Å²) in [6.45, 7) is 3.30. The Kier molecular flexibility index (Phi) is 12.6. The van der Waals surface area contributed by atoms with Crippen molar-refractivity contribution in [3.8, 4) is 17.0 Å². The maximum atomic E-state index is 15.3. The van der Waals surface area contributed by atoms with Gasteiger partial charge in [-0.15, -0.1) is 0 Å². The number of allylic oxidation sites excluding steroid dienone is 1. The number of ether oxygens (including phenoxy) is 3. The van der Waals surface area contributed by atoms with Crippen LogP contribution in [0, 0.1) is 11.6 Å². The number of fused-ring (bicyclic) bond motifs is 1. The van der Waals surface area contributed by atoms with E-state index in [9.17, 15) is 14.0 Å². The lowest BCUT2D eigenvalue weighted by atomic mass is 9.87. The Morgan fingerprint density at radius 3 is 2.42 bits per heavy atom. The number of nitrogens with one attached hydrogen (secondary N) is 2. The maximum absolute atomic E-state index is 15.3. The number of rotatable bonds is 17. The average molecular weight is 828 g/mol. The lowest BCUT2D eigenvalue weighted by Gasteiger charge is -2.17. The molecule has 0 saturated carbocycles. The highest BCUT2D eigenvalue weighted by molar-refractivity contribution is 6.30. The summed E-state index contributed by atoms with van der Waals surface area (Å²) in [5, 5.41) is 9.27. The molecule has 8 rings (SSSR count). The predicted molar refractivity (Wildman–Crippen MR) is 232 cm³/mol. The molecule has 60 heavy (non-hydrogen) atoms. The number of carbonyl (C=O) groups is 2. The van der Waals surface area contributed by atoms with Crippen LogP contribution >= 0.6 is 11.6 Å². The first kappa shape index (κ1) is 40.8. The zero-order valence-electron chi connectivity index (χ0n) is 33.2. The quantitative estimate of drug-likeness (QED) is 0.0699. The topological polar surface area (TPSA) is 106 Å². The molecule has 0 amide bonds. The van der Waals surface area contributed by atoms with Crippen LogP contribution in [-0.4, -0.2) is 59.8 Å². The Morgan fingerprint density at radius 1 is 0.833 bits per heavy atom. The lowest BCUT2D eigenvalue weighted by Crippen LogP contribution is -2.14. The number of aromatic nitrogens is 3. The summed E-state index contributed by atoms with van der Waals surface area (Å²) < 4.78 is 46.8. The Morgan fingerprint density at radius 2 is 1.62 bits per heavy atom. The predicted octanol–water partition coefficient (Wildman–Crippen LogP) is 11.1. The van der Waals surface area contributed by atoms with Crippen LogP contribution in [0.1, 0.15) is 70.8 Å². The molecule has 7 aromatic rings. The summed E-state index contributed by atoms with van der Waals surface area (Å²) in [7, 11) is 0. The smallest absolute Gasteiger partial charge is 0.163 e. The van der Waals surface area contributed by atoms with Gasteiger partial charge in [-0.05, 0) is 113 Å². The van der Waals surface area contributed by atoms with Crippen LogP contribution < -0.4 is 4.74 Å². The van der Waals surface area contributed by atoms with Gasteiger partial charge in [0.2, 0.25) is 0 Å². The van der Waals surface area contributed by atoms with Crippen LogP contribution in [-0.2, 0) is 27.1 Å². The van der Waals surface area contributed by atoms with Gasteiger partial charge < -0.3 is 19.2 Å². The van der Waals surface area contributed by atoms with Gasteiger partial charge in [0.05, 0.1) is 31.5 Å². The fourth-order valence-electron chi connectivity index (χ4n) is 8.03. The van der Waals surface area contributed by atoms with E-state index in [1.807, 2.05) is 67.6 Å². The molecule has 2 aromatic heterocycles. The third-order valence-corrected chi connectivity index (χ3v) is 11.2. The second kappa shape index (κ2) is 18.5. The van der Waals surface area contributed by atoms with Crippen LogP contribution in [0.25, 0.3) is 44.2 Å². The Balaban J connectivity index is 0.782. The number of H-pyrrole nitrogens is 2. The summed E-state index contributed by atoms with van der Waals surface area (Å²) >= 11 is 6.09. The monoisotopic (exact) mass is 827 g/mol. The number of aromatic amines is 2. The molecule has 0 radical (unpaired) electrons. The van der Waals surface area contributed by atoms with Crippen LogP contribution in [0.15, 0.2) is 103 Å². The molecule has 0 aliphatic heterocycles. The number of ketones is 2. The minimum atomic E-state index is -0.421. The highest BCUT2D eigenvalue weighted by atomic mass is 35.5. The maximum Gasteiger partial charge on any atom is 0.163 e. The van der Waals surface area contributed by atoms with Crippen molar-refractivity contribution in [3.63, 3.8) is 0 Å². The Labute approximate surface area is 351 Å². The molecule has 0 fully saturated rings. The van der Waals surface area contributed by atoms with E-state index in [-0.39, 0.29) is 30.6 Å². The molecule has 2 heterocycles. The van der Waals surface area contributed by atoms with Crippen molar-refractivity contribution in [1.82, 2.24) is 15.2 Å². The number of halogens is 3. The number of Topliss-reactive ketones (excluding diaryl/α,β-unsaturated/α-hetero) is 2. The zero-order chi connectivity index (χ0) is 41.6. The van der Waals surface area contributed by atoms with Gasteiger partial charge in [0, 0.05) is 51.0 Å². The van der Waals surface area contributed by atoms with Gasteiger partial charge >= 0.3 is 0 Å². The first-order valence-corrected chi connectivity index (χ1v) is 20.6. The largest absolute Gasteiger partial charge is 0.491 e. The zero-order valence-corrected chi connectivity index (χ0v) is 34.0. The first-order valence-electron chi connectivity index (χ1n) is 20.2. The highest BCUT2D eigenvalue weighted by Crippen LogP contribution is 2.39. The molecule has 1 aliphatic rings. The number of hydrogen-bond donors (Lipinski definition) is 2. The molecule has 0 bridgehead atoms. The molecular formula is C49H44ClF2N3O5. The van der Waals surface area contributed by atoms with Gasteiger partial charge in [-0.25, -0.2) is 8.78 Å². The fraction of sp³-hybridized carbons (Fsp3) is 0.245. The minimum Gasteiger partial charge on any atom is -0.491 e. The van der Waals surface area contributed by atoms with Gasteiger partial charge in [-0.3, -0.25) is 14.7 Å². The van der Waals surface area contributed by atoms with E-state index in [2.05, 4.69) is 21.2 Å². The van der Waals surface area contributed by atoms with Crippen LogP contribution in [0.4, 0.5) is 8.78 Å². The number of nitrogens with zero attached hydrogens (tertiary/aromatic N) is 1.